The maximum absolute atomic E-state index is 6.38. The molecule has 2 aromatic heterocycles. The van der Waals surface area contributed by atoms with Gasteiger partial charge in [-0.05, 0) is 106 Å². The summed E-state index contributed by atoms with van der Waals surface area (Å²) in [5.41, 5.74) is 11.9. The van der Waals surface area contributed by atoms with E-state index in [-0.39, 0.29) is 0 Å². The van der Waals surface area contributed by atoms with Gasteiger partial charge in [0, 0.05) is 57.2 Å². The van der Waals surface area contributed by atoms with Gasteiger partial charge in [0.05, 0.1) is 11.0 Å². The highest BCUT2D eigenvalue weighted by atomic mass is 35.5. The van der Waals surface area contributed by atoms with Crippen molar-refractivity contribution in [3.05, 3.63) is 81.7 Å². The average molecular weight is 593 g/mol. The molecule has 5 heteroatoms. The number of nitrogens with zero attached hydrogens (tertiary/aromatic N) is 2. The Hall–Kier alpha value is -3.11. The fraction of sp³-hybridized carbons (Fsp3) is 0.474. The molecule has 0 fully saturated rings. The monoisotopic (exact) mass is 592 g/mol. The van der Waals surface area contributed by atoms with Gasteiger partial charge in [0.1, 0.15) is 0 Å². The molecule has 0 radical (unpaired) electrons. The largest absolute Gasteiger partial charge is 0.384 e. The van der Waals surface area contributed by atoms with Gasteiger partial charge in [0.2, 0.25) is 0 Å². The minimum absolute atomic E-state index is 0.582. The maximum Gasteiger partial charge on any atom is 0.0741 e. The highest BCUT2D eigenvalue weighted by Crippen LogP contribution is 2.47. The van der Waals surface area contributed by atoms with Crippen molar-refractivity contribution in [3.8, 4) is 0 Å². The van der Waals surface area contributed by atoms with Crippen molar-refractivity contribution >= 4 is 44.8 Å². The van der Waals surface area contributed by atoms with Gasteiger partial charge in [0.25, 0.3) is 0 Å². The Balaban J connectivity index is 0.902. The van der Waals surface area contributed by atoms with Crippen molar-refractivity contribution in [1.82, 2.24) is 9.97 Å². The zero-order valence-electron chi connectivity index (χ0n) is 25.7. The van der Waals surface area contributed by atoms with E-state index in [0.717, 1.165) is 54.8 Å². The van der Waals surface area contributed by atoms with E-state index in [1.165, 1.54) is 108 Å². The van der Waals surface area contributed by atoms with E-state index in [1.807, 2.05) is 12.1 Å². The first kappa shape index (κ1) is 28.6. The lowest BCUT2D eigenvalue weighted by atomic mass is 9.71. The number of allylic oxidation sites excluding steroid dienone is 2. The van der Waals surface area contributed by atoms with E-state index in [4.69, 9.17) is 21.6 Å². The van der Waals surface area contributed by atoms with Crippen molar-refractivity contribution in [1.29, 1.82) is 0 Å². The van der Waals surface area contributed by atoms with Crippen LogP contribution in [0.4, 0.5) is 11.4 Å². The number of fused-ring (bicyclic) bond motifs is 7. The number of unbranched alkanes of at least 4 members (excludes halogenated alkanes) is 5. The Kier molecular flexibility index (Phi) is 8.57. The number of aryl methyl sites for hydroxylation is 1. The summed E-state index contributed by atoms with van der Waals surface area (Å²) in [5, 5.41) is 11.0. The number of aromatic nitrogens is 2. The molecule has 2 atom stereocenters. The van der Waals surface area contributed by atoms with Crippen LogP contribution in [0.5, 0.6) is 0 Å². The number of anilines is 2. The lowest BCUT2D eigenvalue weighted by Gasteiger charge is -2.36. The summed E-state index contributed by atoms with van der Waals surface area (Å²) in [6.45, 7) is 4.36. The molecular weight excluding hydrogens is 548 g/mol. The minimum Gasteiger partial charge on any atom is -0.384 e. The van der Waals surface area contributed by atoms with E-state index in [2.05, 4.69) is 54.0 Å². The van der Waals surface area contributed by atoms with Gasteiger partial charge >= 0.3 is 0 Å². The molecule has 0 unspecified atom stereocenters. The Morgan fingerprint density at radius 3 is 2.35 bits per heavy atom. The quantitative estimate of drug-likeness (QED) is 0.134. The van der Waals surface area contributed by atoms with Crippen LogP contribution >= 0.6 is 11.6 Å². The van der Waals surface area contributed by atoms with Crippen LogP contribution in [-0.2, 0) is 19.3 Å². The van der Waals surface area contributed by atoms with Crippen LogP contribution in [0.15, 0.2) is 54.1 Å². The molecule has 7 rings (SSSR count). The fourth-order valence-electron chi connectivity index (χ4n) is 8.03. The number of hydrogen-bond acceptors (Lipinski definition) is 4. The number of rotatable bonds is 11. The molecule has 2 N–H and O–H groups in total. The fourth-order valence-corrected chi connectivity index (χ4v) is 8.20. The lowest BCUT2D eigenvalue weighted by Crippen LogP contribution is -2.24. The van der Waals surface area contributed by atoms with E-state index < -0.39 is 0 Å². The van der Waals surface area contributed by atoms with Gasteiger partial charge in [-0.25, -0.2) is 0 Å². The predicted molar refractivity (Wildman–Crippen MR) is 183 cm³/mol. The second kappa shape index (κ2) is 12.9. The first-order valence-corrected chi connectivity index (χ1v) is 17.2. The third-order valence-electron chi connectivity index (χ3n) is 9.98. The van der Waals surface area contributed by atoms with Gasteiger partial charge in [0.15, 0.2) is 0 Å². The zero-order chi connectivity index (χ0) is 29.2. The van der Waals surface area contributed by atoms with Crippen LogP contribution < -0.4 is 10.6 Å². The average Bonchev–Trinajstić information content (AvgIpc) is 3.00. The van der Waals surface area contributed by atoms with Crippen LogP contribution in [0, 0.1) is 5.92 Å². The third-order valence-corrected chi connectivity index (χ3v) is 10.2. The Bertz CT molecular complexity index is 1660. The normalized spacial score (nSPS) is 19.2. The highest BCUT2D eigenvalue weighted by molar-refractivity contribution is 6.31. The lowest BCUT2D eigenvalue weighted by molar-refractivity contribution is 0.433. The Morgan fingerprint density at radius 2 is 1.49 bits per heavy atom. The van der Waals surface area contributed by atoms with Crippen molar-refractivity contribution in [2.24, 2.45) is 5.92 Å². The summed E-state index contributed by atoms with van der Waals surface area (Å²) in [7, 11) is 0. The number of benzene rings is 2. The second-order valence-corrected chi connectivity index (χ2v) is 13.7. The van der Waals surface area contributed by atoms with Crippen LogP contribution in [-0.4, -0.2) is 23.1 Å². The smallest absolute Gasteiger partial charge is 0.0741 e. The molecule has 0 saturated carbocycles. The zero-order valence-corrected chi connectivity index (χ0v) is 26.4. The first-order valence-electron chi connectivity index (χ1n) is 16.8. The molecule has 3 aliphatic rings. The Labute approximate surface area is 261 Å². The summed E-state index contributed by atoms with van der Waals surface area (Å²) >= 11 is 6.38. The Morgan fingerprint density at radius 1 is 0.767 bits per heavy atom. The van der Waals surface area contributed by atoms with Crippen LogP contribution in [0.1, 0.15) is 99.6 Å². The number of halogens is 1. The molecule has 0 aliphatic heterocycles. The first-order chi connectivity index (χ1) is 21.1. The molecule has 2 bridgehead atoms. The van der Waals surface area contributed by atoms with Gasteiger partial charge < -0.3 is 10.6 Å². The van der Waals surface area contributed by atoms with E-state index in [9.17, 15) is 0 Å². The topological polar surface area (TPSA) is 49.8 Å². The van der Waals surface area contributed by atoms with Gasteiger partial charge in [-0.3, -0.25) is 9.97 Å². The van der Waals surface area contributed by atoms with Gasteiger partial charge in [-0.1, -0.05) is 67.1 Å². The van der Waals surface area contributed by atoms with Crippen molar-refractivity contribution in [2.75, 3.05) is 23.7 Å². The number of hydrogen-bond donors (Lipinski definition) is 2. The maximum atomic E-state index is 6.38. The molecule has 4 aromatic rings. The van der Waals surface area contributed by atoms with E-state index in [1.54, 1.807) is 0 Å². The number of para-hydroxylation sites is 1. The molecule has 2 heterocycles. The minimum atomic E-state index is 0.582. The van der Waals surface area contributed by atoms with Crippen LogP contribution in [0.25, 0.3) is 21.8 Å². The summed E-state index contributed by atoms with van der Waals surface area (Å²) < 4.78 is 0. The number of pyridine rings is 2. The van der Waals surface area contributed by atoms with Gasteiger partial charge in [-0.15, -0.1) is 0 Å². The molecule has 0 amide bonds. The summed E-state index contributed by atoms with van der Waals surface area (Å²) in [6.07, 6.45) is 18.4. The molecule has 224 valence electrons. The van der Waals surface area contributed by atoms with Crippen molar-refractivity contribution in [3.63, 3.8) is 0 Å². The molecule has 2 aromatic carbocycles. The molecule has 4 nitrogen and oxygen atoms in total. The molecule has 0 saturated heterocycles. The van der Waals surface area contributed by atoms with Crippen molar-refractivity contribution in [2.45, 2.75) is 96.3 Å². The van der Waals surface area contributed by atoms with E-state index in [0.29, 0.717) is 11.8 Å². The van der Waals surface area contributed by atoms with Gasteiger partial charge in [-0.2, -0.15) is 0 Å². The number of nitrogens with one attached hydrogen (secondary N) is 2. The van der Waals surface area contributed by atoms with Crippen LogP contribution in [0.2, 0.25) is 5.02 Å². The summed E-state index contributed by atoms with van der Waals surface area (Å²) in [5.74, 6) is 1.21. The van der Waals surface area contributed by atoms with E-state index >= 15 is 0 Å². The SMILES string of the molecule is CC1=C[C@@H]2Cc3nc4cc(Cl)ccc4c(NCCCCCCCCNc4c5c(nc6ccccc46)CCCC5)c3[C@H](C1)C2. The summed E-state index contributed by atoms with van der Waals surface area (Å²) in [6, 6.07) is 14.9. The second-order valence-electron chi connectivity index (χ2n) is 13.2. The molecule has 3 aliphatic carbocycles. The van der Waals surface area contributed by atoms with Crippen LogP contribution in [0.3, 0.4) is 0 Å². The third kappa shape index (κ3) is 6.13. The molecule has 43 heavy (non-hydrogen) atoms. The highest BCUT2D eigenvalue weighted by Gasteiger charge is 2.33. The standard InChI is InChI=1S/C38H45ClN4/c1-25-20-26-22-27(21-25)36-35(23-26)43-34-24-28(39)16-17-31(34)38(36)41-19-11-5-3-2-4-10-18-40-37-29-12-6-8-14-32(29)42-33-15-9-7-13-30(33)37/h6,8,12,14,16-17,20,24,26-27H,2-5,7,9-11,13,15,18-19,21-23H2,1H3,(H,40,42)(H,41,43)/t26-,27+/m0/s1. The molecular formula is C38H45ClN4. The molecule has 0 spiro atoms. The summed E-state index contributed by atoms with van der Waals surface area (Å²) in [4.78, 5) is 10.1. The van der Waals surface area contributed by atoms with Crippen molar-refractivity contribution < 1.29 is 0 Å². The predicted octanol–water partition coefficient (Wildman–Crippen LogP) is 10.2.